The van der Waals surface area contributed by atoms with E-state index in [0.717, 1.165) is 10.9 Å². The number of nitro benzene ring substituents is 1. The highest BCUT2D eigenvalue weighted by atomic mass is 32.1. The molecule has 8 nitrogen and oxygen atoms in total. The van der Waals surface area contributed by atoms with Gasteiger partial charge in [-0.05, 0) is 26.3 Å². The molecule has 0 spiro atoms. The summed E-state index contributed by atoms with van der Waals surface area (Å²) in [6.45, 7) is 5.86. The summed E-state index contributed by atoms with van der Waals surface area (Å²) in [6.07, 6.45) is 0. The van der Waals surface area contributed by atoms with Crippen LogP contribution in [-0.2, 0) is 9.53 Å². The van der Waals surface area contributed by atoms with E-state index < -0.39 is 23.3 Å². The third kappa shape index (κ3) is 4.56. The topological polar surface area (TPSA) is 116 Å². The van der Waals surface area contributed by atoms with Gasteiger partial charge >= 0.3 is 5.97 Å². The van der Waals surface area contributed by atoms with Gasteiger partial charge in [0.15, 0.2) is 6.61 Å². The number of nitrogens with zero attached hydrogens (tertiary/aromatic N) is 1. The van der Waals surface area contributed by atoms with E-state index in [1.807, 2.05) is 0 Å². The number of ketones is 1. The van der Waals surface area contributed by atoms with Crippen molar-refractivity contribution >= 4 is 39.7 Å². The largest absolute Gasteiger partial charge is 0.454 e. The Morgan fingerprint density at radius 1 is 1.22 bits per heavy atom. The van der Waals surface area contributed by atoms with Gasteiger partial charge in [-0.25, -0.2) is 4.79 Å². The number of nitro groups is 1. The molecule has 1 heterocycles. The van der Waals surface area contributed by atoms with Crippen molar-refractivity contribution in [2.24, 2.45) is 0 Å². The fourth-order valence-corrected chi connectivity index (χ4v) is 3.48. The van der Waals surface area contributed by atoms with Gasteiger partial charge in [-0.15, -0.1) is 11.3 Å². The average molecular weight is 390 g/mol. The average Bonchev–Trinajstić information content (AvgIpc) is 2.85. The van der Waals surface area contributed by atoms with E-state index in [9.17, 15) is 24.5 Å². The van der Waals surface area contributed by atoms with Gasteiger partial charge in [0, 0.05) is 29.0 Å². The molecule has 0 unspecified atom stereocenters. The van der Waals surface area contributed by atoms with Crippen LogP contribution < -0.4 is 5.32 Å². The normalized spacial score (nSPS) is 10.4. The van der Waals surface area contributed by atoms with Crippen LogP contribution in [0.1, 0.15) is 43.6 Å². The number of rotatable bonds is 6. The summed E-state index contributed by atoms with van der Waals surface area (Å²) < 4.78 is 5.09. The van der Waals surface area contributed by atoms with E-state index in [0.29, 0.717) is 16.1 Å². The van der Waals surface area contributed by atoms with Crippen molar-refractivity contribution < 1.29 is 24.0 Å². The van der Waals surface area contributed by atoms with Gasteiger partial charge in [0.1, 0.15) is 5.00 Å². The lowest BCUT2D eigenvalue weighted by Crippen LogP contribution is -2.16. The summed E-state index contributed by atoms with van der Waals surface area (Å²) in [5.41, 5.74) is 1.20. The first-order chi connectivity index (χ1) is 12.6. The Bertz CT molecular complexity index is 948. The van der Waals surface area contributed by atoms with Gasteiger partial charge in [0.05, 0.1) is 10.5 Å². The van der Waals surface area contributed by atoms with Crippen LogP contribution in [0.3, 0.4) is 0 Å². The van der Waals surface area contributed by atoms with Crippen LogP contribution in [0.15, 0.2) is 18.2 Å². The molecule has 0 aliphatic rings. The van der Waals surface area contributed by atoms with Crippen LogP contribution in [-0.4, -0.2) is 29.2 Å². The summed E-state index contributed by atoms with van der Waals surface area (Å²) in [5, 5.41) is 13.9. The second-order valence-electron chi connectivity index (χ2n) is 5.93. The number of Topliss-reactive ketones (excluding diaryl/α,β-unsaturated/α-hetero) is 1. The highest BCUT2D eigenvalue weighted by molar-refractivity contribution is 7.16. The molecule has 0 aliphatic carbocycles. The monoisotopic (exact) mass is 390 g/mol. The quantitative estimate of drug-likeness (QED) is 0.349. The smallest absolute Gasteiger partial charge is 0.341 e. The number of ether oxygens (including phenoxy) is 1. The molecule has 0 saturated carbocycles. The standard InChI is InChI=1S/C18H18N2O6S/c1-9-5-6-13(7-14(9)20(24)25)15(22)8-26-18(23)16-10(2)11(3)27-17(16)19-12(4)21/h5-7H,8H2,1-4H3,(H,19,21). The Morgan fingerprint density at radius 2 is 1.89 bits per heavy atom. The van der Waals surface area contributed by atoms with E-state index in [1.165, 1.54) is 30.4 Å². The highest BCUT2D eigenvalue weighted by Gasteiger charge is 2.23. The SMILES string of the molecule is CC(=O)Nc1sc(C)c(C)c1C(=O)OCC(=O)c1ccc(C)c([N+](=O)[O-])c1. The van der Waals surface area contributed by atoms with Crippen LogP contribution in [0.2, 0.25) is 0 Å². The predicted molar refractivity (Wildman–Crippen MR) is 101 cm³/mol. The molecule has 1 N–H and O–H groups in total. The minimum Gasteiger partial charge on any atom is -0.454 e. The summed E-state index contributed by atoms with van der Waals surface area (Å²) in [4.78, 5) is 47.2. The molecule has 1 aromatic heterocycles. The number of esters is 1. The van der Waals surface area contributed by atoms with Crippen LogP contribution in [0.5, 0.6) is 0 Å². The molecule has 0 atom stereocenters. The number of benzene rings is 1. The van der Waals surface area contributed by atoms with Crippen molar-refractivity contribution in [3.8, 4) is 0 Å². The van der Waals surface area contributed by atoms with Crippen LogP contribution in [0.4, 0.5) is 10.7 Å². The van der Waals surface area contributed by atoms with E-state index >= 15 is 0 Å². The first-order valence-corrected chi connectivity index (χ1v) is 8.76. The van der Waals surface area contributed by atoms with Gasteiger partial charge in [-0.3, -0.25) is 19.7 Å². The van der Waals surface area contributed by atoms with Gasteiger partial charge in [-0.1, -0.05) is 12.1 Å². The molecule has 0 fully saturated rings. The molecule has 9 heteroatoms. The molecule has 2 rings (SSSR count). The Hall–Kier alpha value is -3.07. The minimum atomic E-state index is -0.740. The highest BCUT2D eigenvalue weighted by Crippen LogP contribution is 2.33. The number of hydrogen-bond donors (Lipinski definition) is 1. The van der Waals surface area contributed by atoms with Crippen molar-refractivity contribution in [2.75, 3.05) is 11.9 Å². The molecule has 142 valence electrons. The lowest BCUT2D eigenvalue weighted by atomic mass is 10.1. The van der Waals surface area contributed by atoms with Gasteiger partial charge in [-0.2, -0.15) is 0 Å². The number of anilines is 1. The first kappa shape index (κ1) is 20.2. The molecule has 27 heavy (non-hydrogen) atoms. The molecule has 1 aromatic carbocycles. The van der Waals surface area contributed by atoms with E-state index in [2.05, 4.69) is 5.32 Å². The fraction of sp³-hybridized carbons (Fsp3) is 0.278. The van der Waals surface area contributed by atoms with Crippen molar-refractivity contribution in [2.45, 2.75) is 27.7 Å². The number of carbonyl (C=O) groups excluding carboxylic acids is 3. The second-order valence-corrected chi connectivity index (χ2v) is 7.15. The zero-order valence-corrected chi connectivity index (χ0v) is 16.1. The Balaban J connectivity index is 2.16. The fourth-order valence-electron chi connectivity index (χ4n) is 2.39. The van der Waals surface area contributed by atoms with Crippen molar-refractivity contribution in [3.05, 3.63) is 55.4 Å². The first-order valence-electron chi connectivity index (χ1n) is 7.94. The van der Waals surface area contributed by atoms with Crippen LogP contribution >= 0.6 is 11.3 Å². The molecule has 0 radical (unpaired) electrons. The lowest BCUT2D eigenvalue weighted by molar-refractivity contribution is -0.385. The third-order valence-electron chi connectivity index (χ3n) is 3.94. The Kier molecular flexibility index (Phi) is 6.06. The zero-order chi connectivity index (χ0) is 20.3. The Morgan fingerprint density at radius 3 is 2.48 bits per heavy atom. The maximum Gasteiger partial charge on any atom is 0.341 e. The minimum absolute atomic E-state index is 0.0837. The summed E-state index contributed by atoms with van der Waals surface area (Å²) in [5.74, 6) is -1.62. The maximum atomic E-state index is 12.4. The number of thiophene rings is 1. The molecule has 0 aliphatic heterocycles. The molecular formula is C18H18N2O6S. The Labute approximate surface area is 159 Å². The van der Waals surface area contributed by atoms with Crippen LogP contribution in [0.25, 0.3) is 0 Å². The van der Waals surface area contributed by atoms with Crippen molar-refractivity contribution in [1.29, 1.82) is 0 Å². The second kappa shape index (κ2) is 8.09. The summed E-state index contributed by atoms with van der Waals surface area (Å²) in [6, 6.07) is 4.07. The number of aryl methyl sites for hydroxylation is 2. The van der Waals surface area contributed by atoms with Gasteiger partial charge in [0.25, 0.3) is 5.69 Å². The van der Waals surface area contributed by atoms with Crippen molar-refractivity contribution in [3.63, 3.8) is 0 Å². The number of carbonyl (C=O) groups is 3. The molecule has 0 saturated heterocycles. The maximum absolute atomic E-state index is 12.4. The summed E-state index contributed by atoms with van der Waals surface area (Å²) >= 11 is 1.24. The molecule has 1 amide bonds. The van der Waals surface area contributed by atoms with Crippen LogP contribution in [0, 0.1) is 30.9 Å². The molecule has 2 aromatic rings. The lowest BCUT2D eigenvalue weighted by Gasteiger charge is -2.07. The predicted octanol–water partition coefficient (Wildman–Crippen LogP) is 3.58. The number of amides is 1. The third-order valence-corrected chi connectivity index (χ3v) is 5.06. The number of nitrogens with one attached hydrogen (secondary N) is 1. The van der Waals surface area contributed by atoms with Crippen molar-refractivity contribution in [1.82, 2.24) is 0 Å². The van der Waals surface area contributed by atoms with Gasteiger partial charge < -0.3 is 10.1 Å². The van der Waals surface area contributed by atoms with Gasteiger partial charge in [0.2, 0.25) is 11.7 Å². The summed E-state index contributed by atoms with van der Waals surface area (Å²) in [7, 11) is 0. The molecular weight excluding hydrogens is 372 g/mol. The van der Waals surface area contributed by atoms with E-state index in [1.54, 1.807) is 20.8 Å². The molecule has 0 bridgehead atoms. The van der Waals surface area contributed by atoms with E-state index in [-0.39, 0.29) is 22.7 Å². The number of hydrogen-bond acceptors (Lipinski definition) is 7. The zero-order valence-electron chi connectivity index (χ0n) is 15.2. The van der Waals surface area contributed by atoms with E-state index in [4.69, 9.17) is 4.74 Å².